The van der Waals surface area contributed by atoms with Crippen molar-refractivity contribution in [2.45, 2.75) is 40.2 Å². The predicted molar refractivity (Wildman–Crippen MR) is 64.0 cm³/mol. The molecule has 0 fully saturated rings. The van der Waals surface area contributed by atoms with E-state index in [4.69, 9.17) is 0 Å². The Hall–Kier alpha value is -0.980. The molecule has 0 aromatic heterocycles. The molecule has 1 nitrogen and oxygen atoms in total. The highest BCUT2D eigenvalue weighted by Crippen LogP contribution is 2.18. The number of benzene rings is 1. The van der Waals surface area contributed by atoms with E-state index in [2.05, 4.69) is 56.9 Å². The molecule has 0 saturated carbocycles. The molecule has 1 heteroatoms. The summed E-state index contributed by atoms with van der Waals surface area (Å²) in [6.45, 7) is 10.0. The molecule has 0 aliphatic heterocycles. The Labute approximate surface area is 87.7 Å². The summed E-state index contributed by atoms with van der Waals surface area (Å²) in [6, 6.07) is 9.32. The third-order valence-corrected chi connectivity index (χ3v) is 2.42. The molecular weight excluding hydrogens is 170 g/mol. The Morgan fingerprint density at radius 2 is 2.00 bits per heavy atom. The summed E-state index contributed by atoms with van der Waals surface area (Å²) in [5.41, 5.74) is 2.69. The van der Waals surface area contributed by atoms with Crippen LogP contribution >= 0.6 is 0 Å². The molecule has 0 bridgehead atoms. The van der Waals surface area contributed by atoms with Crippen LogP contribution in [0, 0.1) is 6.92 Å². The van der Waals surface area contributed by atoms with Crippen molar-refractivity contribution in [2.75, 3.05) is 11.4 Å². The van der Waals surface area contributed by atoms with Gasteiger partial charge in [-0.1, -0.05) is 19.1 Å². The minimum Gasteiger partial charge on any atom is -0.369 e. The Balaban J connectivity index is 2.87. The Bertz CT molecular complexity index is 278. The van der Waals surface area contributed by atoms with E-state index < -0.39 is 0 Å². The van der Waals surface area contributed by atoms with E-state index in [9.17, 15) is 0 Å². The molecule has 1 aromatic rings. The summed E-state index contributed by atoms with van der Waals surface area (Å²) >= 11 is 0. The smallest absolute Gasteiger partial charge is 0.0371 e. The normalized spacial score (nSPS) is 10.6. The SMILES string of the molecule is CCCN(c1cccc(C)c1)C(C)C. The van der Waals surface area contributed by atoms with E-state index in [0.717, 1.165) is 6.54 Å². The van der Waals surface area contributed by atoms with Gasteiger partial charge in [0.25, 0.3) is 0 Å². The molecule has 14 heavy (non-hydrogen) atoms. The molecule has 1 rings (SSSR count). The lowest BCUT2D eigenvalue weighted by atomic mass is 10.1. The van der Waals surface area contributed by atoms with E-state index in [1.165, 1.54) is 17.7 Å². The lowest BCUT2D eigenvalue weighted by molar-refractivity contribution is 0.671. The third kappa shape index (κ3) is 2.76. The summed E-state index contributed by atoms with van der Waals surface area (Å²) in [5.74, 6) is 0. The highest BCUT2D eigenvalue weighted by molar-refractivity contribution is 5.49. The van der Waals surface area contributed by atoms with Gasteiger partial charge in [0.1, 0.15) is 0 Å². The zero-order valence-corrected chi connectivity index (χ0v) is 9.75. The molecule has 1 aromatic carbocycles. The molecule has 0 spiro atoms. The first-order chi connectivity index (χ1) is 6.65. The monoisotopic (exact) mass is 191 g/mol. The second kappa shape index (κ2) is 5.04. The lowest BCUT2D eigenvalue weighted by Crippen LogP contribution is -2.31. The van der Waals surface area contributed by atoms with Gasteiger partial charge in [0.15, 0.2) is 0 Å². The van der Waals surface area contributed by atoms with E-state index in [-0.39, 0.29) is 0 Å². The van der Waals surface area contributed by atoms with Crippen molar-refractivity contribution in [1.29, 1.82) is 0 Å². The molecule has 0 aliphatic rings. The number of rotatable bonds is 4. The fourth-order valence-electron chi connectivity index (χ4n) is 1.73. The second-order valence-corrected chi connectivity index (χ2v) is 4.13. The van der Waals surface area contributed by atoms with Crippen molar-refractivity contribution < 1.29 is 0 Å². The standard InChI is InChI=1S/C13H21N/c1-5-9-14(11(2)3)13-8-6-7-12(4)10-13/h6-8,10-11H,5,9H2,1-4H3. The zero-order valence-electron chi connectivity index (χ0n) is 9.75. The topological polar surface area (TPSA) is 3.24 Å². The minimum atomic E-state index is 0.580. The van der Waals surface area contributed by atoms with Gasteiger partial charge in [0.2, 0.25) is 0 Å². The van der Waals surface area contributed by atoms with Crippen LogP contribution in [-0.4, -0.2) is 12.6 Å². The average molecular weight is 191 g/mol. The van der Waals surface area contributed by atoms with Crippen LogP contribution < -0.4 is 4.90 Å². The van der Waals surface area contributed by atoms with Gasteiger partial charge in [-0.25, -0.2) is 0 Å². The van der Waals surface area contributed by atoms with E-state index in [1.54, 1.807) is 0 Å². The third-order valence-electron chi connectivity index (χ3n) is 2.42. The number of hydrogen-bond acceptors (Lipinski definition) is 1. The van der Waals surface area contributed by atoms with Crippen LogP contribution in [0.1, 0.15) is 32.8 Å². The van der Waals surface area contributed by atoms with Crippen molar-refractivity contribution in [3.63, 3.8) is 0 Å². The first-order valence-electron chi connectivity index (χ1n) is 5.48. The summed E-state index contributed by atoms with van der Waals surface area (Å²) in [6.07, 6.45) is 1.20. The largest absolute Gasteiger partial charge is 0.369 e. The fraction of sp³-hybridized carbons (Fsp3) is 0.538. The van der Waals surface area contributed by atoms with Crippen molar-refractivity contribution >= 4 is 5.69 Å². The number of anilines is 1. The number of nitrogens with zero attached hydrogens (tertiary/aromatic N) is 1. The molecular formula is C13H21N. The lowest BCUT2D eigenvalue weighted by Gasteiger charge is -2.28. The van der Waals surface area contributed by atoms with Gasteiger partial charge >= 0.3 is 0 Å². The molecule has 0 saturated heterocycles. The van der Waals surface area contributed by atoms with Gasteiger partial charge in [-0.3, -0.25) is 0 Å². The fourth-order valence-corrected chi connectivity index (χ4v) is 1.73. The van der Waals surface area contributed by atoms with Crippen LogP contribution in [0.5, 0.6) is 0 Å². The van der Waals surface area contributed by atoms with E-state index in [0.29, 0.717) is 6.04 Å². The Morgan fingerprint density at radius 3 is 2.50 bits per heavy atom. The maximum atomic E-state index is 2.45. The number of aryl methyl sites for hydroxylation is 1. The van der Waals surface area contributed by atoms with Gasteiger partial charge in [0.05, 0.1) is 0 Å². The molecule has 0 heterocycles. The average Bonchev–Trinajstić information content (AvgIpc) is 2.13. The van der Waals surface area contributed by atoms with Crippen molar-refractivity contribution in [2.24, 2.45) is 0 Å². The first kappa shape index (κ1) is 11.1. The Morgan fingerprint density at radius 1 is 1.29 bits per heavy atom. The van der Waals surface area contributed by atoms with E-state index >= 15 is 0 Å². The number of hydrogen-bond donors (Lipinski definition) is 0. The molecule has 0 atom stereocenters. The quantitative estimate of drug-likeness (QED) is 0.702. The van der Waals surface area contributed by atoms with Gasteiger partial charge < -0.3 is 4.90 Å². The van der Waals surface area contributed by atoms with Crippen LogP contribution in [-0.2, 0) is 0 Å². The van der Waals surface area contributed by atoms with Crippen LogP contribution in [0.25, 0.3) is 0 Å². The molecule has 0 N–H and O–H groups in total. The van der Waals surface area contributed by atoms with Crippen molar-refractivity contribution in [3.05, 3.63) is 29.8 Å². The maximum absolute atomic E-state index is 2.45. The molecule has 0 aliphatic carbocycles. The van der Waals surface area contributed by atoms with E-state index in [1.807, 2.05) is 0 Å². The van der Waals surface area contributed by atoms with Crippen LogP contribution in [0.2, 0.25) is 0 Å². The van der Waals surface area contributed by atoms with Gasteiger partial charge in [-0.15, -0.1) is 0 Å². The first-order valence-corrected chi connectivity index (χ1v) is 5.48. The molecule has 78 valence electrons. The highest BCUT2D eigenvalue weighted by Gasteiger charge is 2.08. The maximum Gasteiger partial charge on any atom is 0.0371 e. The minimum absolute atomic E-state index is 0.580. The molecule has 0 amide bonds. The molecule has 0 radical (unpaired) electrons. The van der Waals surface area contributed by atoms with Gasteiger partial charge in [-0.05, 0) is 44.9 Å². The van der Waals surface area contributed by atoms with Crippen LogP contribution in [0.3, 0.4) is 0 Å². The summed E-state index contributed by atoms with van der Waals surface area (Å²) in [4.78, 5) is 2.45. The van der Waals surface area contributed by atoms with Gasteiger partial charge in [-0.2, -0.15) is 0 Å². The summed E-state index contributed by atoms with van der Waals surface area (Å²) in [5, 5.41) is 0. The second-order valence-electron chi connectivity index (χ2n) is 4.13. The highest BCUT2D eigenvalue weighted by atomic mass is 15.1. The Kier molecular flexibility index (Phi) is 3.99. The van der Waals surface area contributed by atoms with Crippen LogP contribution in [0.4, 0.5) is 5.69 Å². The molecule has 0 unspecified atom stereocenters. The summed E-state index contributed by atoms with van der Waals surface area (Å²) in [7, 11) is 0. The van der Waals surface area contributed by atoms with Crippen molar-refractivity contribution in [1.82, 2.24) is 0 Å². The zero-order chi connectivity index (χ0) is 10.6. The van der Waals surface area contributed by atoms with Gasteiger partial charge in [0, 0.05) is 18.3 Å². The summed E-state index contributed by atoms with van der Waals surface area (Å²) < 4.78 is 0. The van der Waals surface area contributed by atoms with Crippen LogP contribution in [0.15, 0.2) is 24.3 Å². The predicted octanol–water partition coefficient (Wildman–Crippen LogP) is 3.62. The van der Waals surface area contributed by atoms with Crippen molar-refractivity contribution in [3.8, 4) is 0 Å².